The van der Waals surface area contributed by atoms with Crippen molar-refractivity contribution in [3.8, 4) is 5.75 Å². The van der Waals surface area contributed by atoms with Crippen molar-refractivity contribution in [3.63, 3.8) is 0 Å². The van der Waals surface area contributed by atoms with E-state index in [0.29, 0.717) is 31.8 Å². The van der Waals surface area contributed by atoms with Crippen molar-refractivity contribution < 1.29 is 24.2 Å². The molecule has 194 valence electrons. The minimum absolute atomic E-state index is 0.0594. The molecule has 1 aliphatic heterocycles. The maximum Gasteiger partial charge on any atom is 0.344 e. The number of aliphatic hydroxyl groups is 1. The van der Waals surface area contributed by atoms with Crippen LogP contribution in [-0.2, 0) is 16.1 Å². The summed E-state index contributed by atoms with van der Waals surface area (Å²) in [6.45, 7) is 3.86. The van der Waals surface area contributed by atoms with Crippen LogP contribution in [0, 0.1) is 6.92 Å². The van der Waals surface area contributed by atoms with Gasteiger partial charge in [0.25, 0.3) is 5.91 Å². The summed E-state index contributed by atoms with van der Waals surface area (Å²) in [4.78, 5) is 30.0. The van der Waals surface area contributed by atoms with Crippen LogP contribution in [0.15, 0.2) is 88.0 Å². The first-order chi connectivity index (χ1) is 18.3. The predicted molar refractivity (Wildman–Crippen MR) is 152 cm³/mol. The smallest absolute Gasteiger partial charge is 0.344 e. The van der Waals surface area contributed by atoms with Gasteiger partial charge in [-0.15, -0.1) is 0 Å². The number of halogens is 2. The van der Waals surface area contributed by atoms with Gasteiger partial charge in [-0.3, -0.25) is 4.79 Å². The van der Waals surface area contributed by atoms with Gasteiger partial charge in [-0.1, -0.05) is 76.9 Å². The van der Waals surface area contributed by atoms with Crippen molar-refractivity contribution in [3.05, 3.63) is 115 Å². The van der Waals surface area contributed by atoms with Gasteiger partial charge in [-0.05, 0) is 50.3 Å². The first-order valence-corrected chi connectivity index (χ1v) is 13.2. The highest BCUT2D eigenvalue weighted by Gasteiger charge is 2.34. The van der Waals surface area contributed by atoms with Crippen molar-refractivity contribution in [2.45, 2.75) is 20.5 Å². The lowest BCUT2D eigenvalue weighted by Crippen LogP contribution is -2.14. The molecule has 3 aromatic carbocycles. The summed E-state index contributed by atoms with van der Waals surface area (Å²) in [5.74, 6) is -1.09. The topological polar surface area (TPSA) is 85.2 Å². The van der Waals surface area contributed by atoms with Gasteiger partial charge in [0.1, 0.15) is 28.7 Å². The lowest BCUT2D eigenvalue weighted by atomic mass is 10.1. The highest BCUT2D eigenvalue weighted by atomic mass is 35.5. The molecule has 1 N–H and O–H groups in total. The minimum atomic E-state index is -0.765. The fourth-order valence-corrected chi connectivity index (χ4v) is 4.98. The number of carbonyl (C=O) groups is 2. The largest absolute Gasteiger partial charge is 0.506 e. The second-order valence-corrected chi connectivity index (χ2v) is 10.1. The lowest BCUT2D eigenvalue weighted by Gasteiger charge is -2.11. The number of aliphatic imine (C=N–C) groups is 1. The van der Waals surface area contributed by atoms with E-state index in [2.05, 4.69) is 4.99 Å². The van der Waals surface area contributed by atoms with Gasteiger partial charge in [-0.2, -0.15) is 0 Å². The highest BCUT2D eigenvalue weighted by Crippen LogP contribution is 2.40. The molecule has 1 heterocycles. The Kier molecular flexibility index (Phi) is 8.94. The molecule has 0 spiro atoms. The molecule has 4 rings (SSSR count). The average Bonchev–Trinajstić information content (AvgIpc) is 3.19. The van der Waals surface area contributed by atoms with Gasteiger partial charge in [0.2, 0.25) is 0 Å². The number of hydrogen-bond donors (Lipinski definition) is 1. The van der Waals surface area contributed by atoms with E-state index in [0.717, 1.165) is 22.9 Å². The van der Waals surface area contributed by atoms with Gasteiger partial charge in [-0.25, -0.2) is 9.79 Å². The molecule has 3 aromatic rings. The Morgan fingerprint density at radius 1 is 1.05 bits per heavy atom. The molecule has 0 fully saturated rings. The normalized spacial score (nSPS) is 15.3. The molecule has 0 saturated heterocycles. The van der Waals surface area contributed by atoms with Crippen molar-refractivity contribution in [1.29, 1.82) is 0 Å². The van der Waals surface area contributed by atoms with Crippen LogP contribution in [0.3, 0.4) is 0 Å². The van der Waals surface area contributed by atoms with Gasteiger partial charge < -0.3 is 14.6 Å². The van der Waals surface area contributed by atoms with E-state index in [1.165, 1.54) is 0 Å². The van der Waals surface area contributed by atoms with Crippen LogP contribution >= 0.6 is 35.0 Å². The van der Waals surface area contributed by atoms with Gasteiger partial charge in [0.15, 0.2) is 0 Å². The Balaban J connectivity index is 1.65. The third-order valence-corrected chi connectivity index (χ3v) is 7.08. The Morgan fingerprint density at radius 3 is 2.50 bits per heavy atom. The molecule has 1 aliphatic rings. The predicted octanol–water partition coefficient (Wildman–Crippen LogP) is 7.58. The number of aryl methyl sites for hydroxylation is 1. The van der Waals surface area contributed by atoms with Crippen LogP contribution in [0.4, 0.5) is 0 Å². The van der Waals surface area contributed by atoms with Crippen LogP contribution in [0.5, 0.6) is 5.75 Å². The number of carbonyl (C=O) groups excluding carboxylic acids is 2. The number of rotatable bonds is 7. The van der Waals surface area contributed by atoms with Crippen LogP contribution < -0.4 is 4.74 Å². The van der Waals surface area contributed by atoms with Gasteiger partial charge >= 0.3 is 5.97 Å². The van der Waals surface area contributed by atoms with Crippen molar-refractivity contribution >= 4 is 58.0 Å². The number of ether oxygens (including phenoxy) is 2. The summed E-state index contributed by atoms with van der Waals surface area (Å²) < 4.78 is 11.1. The zero-order chi connectivity index (χ0) is 27.2. The summed E-state index contributed by atoms with van der Waals surface area (Å²) in [6.07, 6.45) is 1.66. The fraction of sp³-hybridized carbons (Fsp3) is 0.138. The molecule has 0 unspecified atom stereocenters. The molecular formula is C29H23Cl2NO5S. The number of amides is 1. The first-order valence-electron chi connectivity index (χ1n) is 11.6. The van der Waals surface area contributed by atoms with Gasteiger partial charge in [0, 0.05) is 26.7 Å². The van der Waals surface area contributed by atoms with Crippen LogP contribution in [0.25, 0.3) is 6.08 Å². The number of esters is 1. The van der Waals surface area contributed by atoms with Crippen LogP contribution in [0.1, 0.15) is 34.0 Å². The Hall–Kier alpha value is -3.52. The van der Waals surface area contributed by atoms with Crippen molar-refractivity contribution in [2.24, 2.45) is 4.99 Å². The molecule has 9 heteroatoms. The first kappa shape index (κ1) is 27.5. The molecule has 1 amide bonds. The van der Waals surface area contributed by atoms with E-state index in [4.69, 9.17) is 32.7 Å². The number of para-hydroxylation sites is 1. The maximum absolute atomic E-state index is 12.8. The van der Waals surface area contributed by atoms with Crippen LogP contribution in [-0.4, -0.2) is 28.6 Å². The van der Waals surface area contributed by atoms with Crippen molar-refractivity contribution in [1.82, 2.24) is 0 Å². The monoisotopic (exact) mass is 567 g/mol. The van der Waals surface area contributed by atoms with Gasteiger partial charge in [0.05, 0.1) is 11.5 Å². The number of thioether (sulfide) groups is 1. The highest BCUT2D eigenvalue weighted by molar-refractivity contribution is 8.18. The standard InChI is InChI=1S/C29H23Cl2NO5S/c1-3-36-29(35)25-26(33)24(38-28(25)32-27(34)18-10-8-17(2)9-11-18)14-19-6-4-5-7-23(19)37-16-20-12-13-21(30)15-22(20)31/h4-15,33H,3,16H2,1-2H3/b24-14-,32-28?. The third kappa shape index (κ3) is 6.48. The van der Waals surface area contributed by atoms with E-state index in [-0.39, 0.29) is 29.6 Å². The Labute approximate surface area is 234 Å². The lowest BCUT2D eigenvalue weighted by molar-refractivity contribution is -0.138. The van der Waals surface area contributed by atoms with Crippen molar-refractivity contribution in [2.75, 3.05) is 6.61 Å². The third-order valence-electron chi connectivity index (χ3n) is 5.48. The SMILES string of the molecule is CCOC(=O)C1=C(O)/C(=C/c2ccccc2OCc2ccc(Cl)cc2Cl)SC1=NC(=O)c1ccc(C)cc1. The quantitative estimate of drug-likeness (QED) is 0.296. The second-order valence-electron chi connectivity index (χ2n) is 8.21. The number of nitrogens with zero attached hydrogens (tertiary/aromatic N) is 1. The van der Waals surface area contributed by atoms with E-state index >= 15 is 0 Å². The second kappa shape index (κ2) is 12.3. The summed E-state index contributed by atoms with van der Waals surface area (Å²) in [5.41, 5.74) is 2.60. The Morgan fingerprint density at radius 2 is 1.79 bits per heavy atom. The molecular weight excluding hydrogens is 545 g/mol. The maximum atomic E-state index is 12.8. The molecule has 0 radical (unpaired) electrons. The zero-order valence-electron chi connectivity index (χ0n) is 20.5. The minimum Gasteiger partial charge on any atom is -0.506 e. The zero-order valence-corrected chi connectivity index (χ0v) is 22.9. The number of aliphatic hydroxyl groups excluding tert-OH is 1. The van der Waals surface area contributed by atoms with E-state index in [1.54, 1.807) is 67.6 Å². The summed E-state index contributed by atoms with van der Waals surface area (Å²) in [5, 5.41) is 12.1. The van der Waals surface area contributed by atoms with E-state index in [9.17, 15) is 14.7 Å². The molecule has 0 aromatic heterocycles. The van der Waals surface area contributed by atoms with E-state index < -0.39 is 11.9 Å². The number of benzene rings is 3. The summed E-state index contributed by atoms with van der Waals surface area (Å²) >= 11 is 13.3. The molecule has 0 aliphatic carbocycles. The molecule has 6 nitrogen and oxygen atoms in total. The van der Waals surface area contributed by atoms with E-state index in [1.807, 2.05) is 19.1 Å². The molecule has 0 saturated carbocycles. The average molecular weight is 568 g/mol. The molecule has 0 atom stereocenters. The summed E-state index contributed by atoms with van der Waals surface area (Å²) in [6, 6.07) is 19.3. The number of hydrogen-bond acceptors (Lipinski definition) is 6. The Bertz CT molecular complexity index is 1480. The molecule has 38 heavy (non-hydrogen) atoms. The molecule has 0 bridgehead atoms. The summed E-state index contributed by atoms with van der Waals surface area (Å²) in [7, 11) is 0. The fourth-order valence-electron chi connectivity index (χ4n) is 3.51. The van der Waals surface area contributed by atoms with Crippen LogP contribution in [0.2, 0.25) is 10.0 Å².